The summed E-state index contributed by atoms with van der Waals surface area (Å²) >= 11 is 0. The van der Waals surface area contributed by atoms with Gasteiger partial charge in [-0.25, -0.2) is 0 Å². The molecule has 0 saturated carbocycles. The van der Waals surface area contributed by atoms with E-state index in [0.29, 0.717) is 30.0 Å². The number of aliphatic imine (C=N–C) groups is 1. The van der Waals surface area contributed by atoms with Crippen LogP contribution in [0, 0.1) is 0 Å². The maximum absolute atomic E-state index is 12.4. The average Bonchev–Trinajstić information content (AvgIpc) is 3.04. The van der Waals surface area contributed by atoms with Gasteiger partial charge in [0, 0.05) is 37.8 Å². The van der Waals surface area contributed by atoms with E-state index in [1.165, 1.54) is 7.05 Å². The maximum Gasteiger partial charge on any atom is 0.259 e. The highest BCUT2D eigenvalue weighted by Gasteiger charge is 2.22. The van der Waals surface area contributed by atoms with Crippen LogP contribution in [0.2, 0.25) is 0 Å². The molecule has 4 N–H and O–H groups in total. The van der Waals surface area contributed by atoms with Crippen molar-refractivity contribution >= 4 is 17.8 Å². The number of aromatic nitrogens is 1. The number of nitrogens with zero attached hydrogens (tertiary/aromatic N) is 3. The molecule has 182 valence electrons. The van der Waals surface area contributed by atoms with Crippen LogP contribution in [0.5, 0.6) is 5.75 Å². The standard InChI is InChI=1S/C25H34N6O3/c1-27-25(26)30-24(33)20-14-18-6-4-5-7-19(22(18)29-15-20)16-34-21-10-8-17(9-11-21)23(32)28-12-13-31(2)3/h8-11,14-15,19H,4-7,12-13,16H2,1-3H3,(H,28,32)(H3,26,27,30,33). The second kappa shape index (κ2) is 12.1. The van der Waals surface area contributed by atoms with E-state index >= 15 is 0 Å². The SMILES string of the molecule is CN=C(N)NC(=O)c1cnc2c(c1)CCCCC2COc1ccc(C(=O)NCCN(C)C)cc1. The van der Waals surface area contributed by atoms with Crippen LogP contribution >= 0.6 is 0 Å². The van der Waals surface area contributed by atoms with Crippen molar-refractivity contribution in [2.24, 2.45) is 10.7 Å². The number of carbonyl (C=O) groups is 2. The van der Waals surface area contributed by atoms with Gasteiger partial charge in [-0.1, -0.05) is 6.42 Å². The molecular weight excluding hydrogens is 432 g/mol. The van der Waals surface area contributed by atoms with Crippen molar-refractivity contribution in [1.29, 1.82) is 0 Å². The number of benzene rings is 1. The third-order valence-corrected chi connectivity index (χ3v) is 5.79. The fourth-order valence-corrected chi connectivity index (χ4v) is 3.86. The molecule has 1 unspecified atom stereocenters. The molecule has 34 heavy (non-hydrogen) atoms. The molecule has 0 aliphatic heterocycles. The first kappa shape index (κ1) is 25.2. The topological polar surface area (TPSA) is 122 Å². The Morgan fingerprint density at radius 2 is 1.94 bits per heavy atom. The zero-order valence-electron chi connectivity index (χ0n) is 20.1. The summed E-state index contributed by atoms with van der Waals surface area (Å²) in [5.74, 6) is 0.499. The van der Waals surface area contributed by atoms with E-state index in [4.69, 9.17) is 10.5 Å². The van der Waals surface area contributed by atoms with Crippen LogP contribution in [-0.4, -0.2) is 68.5 Å². The highest BCUT2D eigenvalue weighted by molar-refractivity contribution is 6.05. The molecule has 1 atom stereocenters. The summed E-state index contributed by atoms with van der Waals surface area (Å²) in [5.41, 5.74) is 8.71. The van der Waals surface area contributed by atoms with E-state index in [9.17, 15) is 9.59 Å². The molecule has 9 nitrogen and oxygen atoms in total. The average molecular weight is 467 g/mol. The first-order valence-corrected chi connectivity index (χ1v) is 11.6. The maximum atomic E-state index is 12.4. The minimum atomic E-state index is -0.318. The van der Waals surface area contributed by atoms with Gasteiger partial charge in [0.25, 0.3) is 11.8 Å². The fourth-order valence-electron chi connectivity index (χ4n) is 3.86. The summed E-state index contributed by atoms with van der Waals surface area (Å²) in [6.07, 6.45) is 5.52. The number of aryl methyl sites for hydroxylation is 1. The Bertz CT molecular complexity index is 1020. The highest BCUT2D eigenvalue weighted by Crippen LogP contribution is 2.30. The number of nitrogens with one attached hydrogen (secondary N) is 2. The van der Waals surface area contributed by atoms with Crippen molar-refractivity contribution in [3.05, 3.63) is 58.9 Å². The Morgan fingerprint density at radius 1 is 1.18 bits per heavy atom. The van der Waals surface area contributed by atoms with E-state index < -0.39 is 0 Å². The molecule has 2 aromatic rings. The van der Waals surface area contributed by atoms with Crippen LogP contribution < -0.4 is 21.1 Å². The van der Waals surface area contributed by atoms with Crippen LogP contribution in [-0.2, 0) is 6.42 Å². The molecule has 9 heteroatoms. The quantitative estimate of drug-likeness (QED) is 0.310. The summed E-state index contributed by atoms with van der Waals surface area (Å²) in [4.78, 5) is 35.0. The molecule has 0 radical (unpaired) electrons. The third-order valence-electron chi connectivity index (χ3n) is 5.79. The van der Waals surface area contributed by atoms with Crippen molar-refractivity contribution in [2.45, 2.75) is 31.6 Å². The molecule has 0 fully saturated rings. The van der Waals surface area contributed by atoms with Crippen molar-refractivity contribution in [1.82, 2.24) is 20.5 Å². The third kappa shape index (κ3) is 7.02. The Balaban J connectivity index is 1.62. The lowest BCUT2D eigenvalue weighted by Gasteiger charge is -2.18. The number of likely N-dealkylation sites (N-methyl/N-ethyl adjacent to an activating group) is 1. The molecule has 1 aliphatic rings. The molecule has 2 amide bonds. The minimum Gasteiger partial charge on any atom is -0.493 e. The molecule has 0 bridgehead atoms. The van der Waals surface area contributed by atoms with E-state index in [0.717, 1.165) is 43.5 Å². The lowest BCUT2D eigenvalue weighted by Crippen LogP contribution is -2.36. The molecule has 1 aromatic carbocycles. The number of fused-ring (bicyclic) bond motifs is 1. The zero-order chi connectivity index (χ0) is 24.5. The largest absolute Gasteiger partial charge is 0.493 e. The summed E-state index contributed by atoms with van der Waals surface area (Å²) < 4.78 is 6.06. The van der Waals surface area contributed by atoms with Crippen molar-refractivity contribution in [3.63, 3.8) is 0 Å². The van der Waals surface area contributed by atoms with Gasteiger partial charge in [0.05, 0.1) is 17.9 Å². The second-order valence-corrected chi connectivity index (χ2v) is 8.67. The molecule has 0 spiro atoms. The lowest BCUT2D eigenvalue weighted by atomic mass is 9.98. The Hall–Kier alpha value is -3.46. The monoisotopic (exact) mass is 466 g/mol. The summed E-state index contributed by atoms with van der Waals surface area (Å²) in [6, 6.07) is 9.08. The summed E-state index contributed by atoms with van der Waals surface area (Å²) in [5, 5.41) is 5.45. The highest BCUT2D eigenvalue weighted by atomic mass is 16.5. The predicted octanol–water partition coefficient (Wildman–Crippen LogP) is 1.94. The van der Waals surface area contributed by atoms with Gasteiger partial charge in [-0.2, -0.15) is 0 Å². The van der Waals surface area contributed by atoms with Gasteiger partial charge in [-0.15, -0.1) is 0 Å². The summed E-state index contributed by atoms with van der Waals surface area (Å²) in [7, 11) is 5.45. The van der Waals surface area contributed by atoms with Gasteiger partial charge in [0.15, 0.2) is 5.96 Å². The van der Waals surface area contributed by atoms with Crippen molar-refractivity contribution in [2.75, 3.05) is 40.8 Å². The number of ether oxygens (including phenoxy) is 1. The molecule has 1 aromatic heterocycles. The van der Waals surface area contributed by atoms with E-state index in [1.807, 2.05) is 37.2 Å². The Kier molecular flexibility index (Phi) is 8.98. The predicted molar refractivity (Wildman–Crippen MR) is 132 cm³/mol. The Labute approximate surface area is 200 Å². The molecule has 0 saturated heterocycles. The smallest absolute Gasteiger partial charge is 0.259 e. The second-order valence-electron chi connectivity index (χ2n) is 8.67. The van der Waals surface area contributed by atoms with Crippen molar-refractivity contribution < 1.29 is 14.3 Å². The van der Waals surface area contributed by atoms with E-state index in [1.54, 1.807) is 18.3 Å². The van der Waals surface area contributed by atoms with Crippen LogP contribution in [0.4, 0.5) is 0 Å². The number of carbonyl (C=O) groups excluding carboxylic acids is 2. The van der Waals surface area contributed by atoms with Gasteiger partial charge >= 0.3 is 0 Å². The van der Waals surface area contributed by atoms with Gasteiger partial charge in [-0.3, -0.25) is 24.9 Å². The van der Waals surface area contributed by atoms with Crippen LogP contribution in [0.15, 0.2) is 41.5 Å². The number of nitrogens with two attached hydrogens (primary N) is 1. The van der Waals surface area contributed by atoms with E-state index in [-0.39, 0.29) is 23.7 Å². The van der Waals surface area contributed by atoms with Gasteiger partial charge < -0.3 is 20.7 Å². The van der Waals surface area contributed by atoms with Gasteiger partial charge in [0.2, 0.25) is 0 Å². The van der Waals surface area contributed by atoms with Gasteiger partial charge in [0.1, 0.15) is 5.75 Å². The van der Waals surface area contributed by atoms with Crippen molar-refractivity contribution in [3.8, 4) is 5.75 Å². The number of hydrogen-bond donors (Lipinski definition) is 3. The first-order chi connectivity index (χ1) is 16.4. The number of pyridine rings is 1. The minimum absolute atomic E-state index is 0.0725. The molecule has 1 heterocycles. The Morgan fingerprint density at radius 3 is 2.65 bits per heavy atom. The number of hydrogen-bond acceptors (Lipinski definition) is 6. The molecule has 1 aliphatic carbocycles. The lowest BCUT2D eigenvalue weighted by molar-refractivity contribution is 0.0948. The normalized spacial score (nSPS) is 15.9. The van der Waals surface area contributed by atoms with Crippen LogP contribution in [0.1, 0.15) is 57.2 Å². The number of guanidine groups is 1. The number of rotatable bonds is 8. The van der Waals surface area contributed by atoms with Gasteiger partial charge in [-0.05, 0) is 69.3 Å². The fraction of sp³-hybridized carbons (Fsp3) is 0.440. The zero-order valence-corrected chi connectivity index (χ0v) is 20.1. The van der Waals surface area contributed by atoms with E-state index in [2.05, 4.69) is 20.6 Å². The van der Waals surface area contributed by atoms with Crippen LogP contribution in [0.25, 0.3) is 0 Å². The molecular formula is C25H34N6O3. The molecule has 3 rings (SSSR count). The van der Waals surface area contributed by atoms with Crippen LogP contribution in [0.3, 0.4) is 0 Å². The first-order valence-electron chi connectivity index (χ1n) is 11.6. The summed E-state index contributed by atoms with van der Waals surface area (Å²) in [6.45, 7) is 1.87. The number of amides is 2.